The Morgan fingerprint density at radius 1 is 1.07 bits per heavy atom. The van der Waals surface area contributed by atoms with Crippen molar-refractivity contribution >= 4 is 39.0 Å². The monoisotopic (exact) mass is 462 g/mol. The van der Waals surface area contributed by atoms with Crippen LogP contribution in [0.4, 0.5) is 0 Å². The van der Waals surface area contributed by atoms with Crippen molar-refractivity contribution in [2.45, 2.75) is 31.2 Å². The molecule has 9 heteroatoms. The normalized spacial score (nSPS) is 11.2. The second-order valence-corrected chi connectivity index (χ2v) is 8.72. The number of benzene rings is 1. The van der Waals surface area contributed by atoms with E-state index in [4.69, 9.17) is 8.83 Å². The Kier molecular flexibility index (Phi) is 5.42. The molecule has 1 aromatic carbocycles. The summed E-state index contributed by atoms with van der Waals surface area (Å²) in [7, 11) is 0. The molecule has 0 aliphatic heterocycles. The number of nitrogens with zero attached hydrogens (tertiary/aromatic N) is 4. The highest BCUT2D eigenvalue weighted by atomic mass is 79.9. The van der Waals surface area contributed by atoms with Gasteiger partial charge in [0.15, 0.2) is 0 Å². The Bertz CT molecular complexity index is 1070. The van der Waals surface area contributed by atoms with Crippen LogP contribution in [0.2, 0.25) is 0 Å². The summed E-state index contributed by atoms with van der Waals surface area (Å²) in [6.45, 7) is 4.25. The van der Waals surface area contributed by atoms with Gasteiger partial charge in [0, 0.05) is 14.9 Å². The van der Waals surface area contributed by atoms with Gasteiger partial charge >= 0.3 is 0 Å². The highest BCUT2D eigenvalue weighted by molar-refractivity contribution is 9.10. The van der Waals surface area contributed by atoms with E-state index in [2.05, 4.69) is 56.2 Å². The Morgan fingerprint density at radius 2 is 1.93 bits per heavy atom. The molecule has 0 unspecified atom stereocenters. The molecule has 0 N–H and O–H groups in total. The van der Waals surface area contributed by atoms with Crippen LogP contribution in [0.25, 0.3) is 22.2 Å². The fourth-order valence-electron chi connectivity index (χ4n) is 2.52. The molecule has 4 rings (SSSR count). The van der Waals surface area contributed by atoms with Gasteiger partial charge in [0.2, 0.25) is 11.8 Å². The van der Waals surface area contributed by atoms with E-state index in [-0.39, 0.29) is 0 Å². The maximum atomic E-state index is 5.78. The third-order valence-electron chi connectivity index (χ3n) is 3.82. The average molecular weight is 463 g/mol. The zero-order valence-electron chi connectivity index (χ0n) is 14.6. The smallest absolute Gasteiger partial charge is 0.277 e. The zero-order chi connectivity index (χ0) is 18.8. The standard InChI is InChI=1S/C18H15BrN4O2S2/c1-3-13-10(2)7-14(27-13)17-22-20-15(24-17)9-26-18-23-21-16(25-18)11-5-4-6-12(19)8-11/h4-8H,3,9H2,1-2H3. The van der Waals surface area contributed by atoms with Gasteiger partial charge in [-0.3, -0.25) is 0 Å². The van der Waals surface area contributed by atoms with Crippen LogP contribution in [-0.2, 0) is 12.2 Å². The predicted octanol–water partition coefficient (Wildman–Crippen LogP) is 5.77. The highest BCUT2D eigenvalue weighted by Crippen LogP contribution is 2.32. The fraction of sp³-hybridized carbons (Fsp3) is 0.222. The summed E-state index contributed by atoms with van der Waals surface area (Å²) in [6.07, 6.45) is 1.00. The lowest BCUT2D eigenvalue weighted by Gasteiger charge is -1.95. The van der Waals surface area contributed by atoms with Gasteiger partial charge in [0.05, 0.1) is 10.6 Å². The van der Waals surface area contributed by atoms with E-state index in [1.807, 2.05) is 24.3 Å². The summed E-state index contributed by atoms with van der Waals surface area (Å²) >= 11 is 6.50. The van der Waals surface area contributed by atoms with Crippen LogP contribution < -0.4 is 0 Å². The summed E-state index contributed by atoms with van der Waals surface area (Å²) in [5.74, 6) is 2.03. The number of aryl methyl sites for hydroxylation is 2. The Balaban J connectivity index is 1.43. The number of thiophene rings is 1. The van der Waals surface area contributed by atoms with E-state index < -0.39 is 0 Å². The van der Waals surface area contributed by atoms with E-state index in [0.717, 1.165) is 21.3 Å². The number of hydrogen-bond donors (Lipinski definition) is 0. The van der Waals surface area contributed by atoms with Crippen molar-refractivity contribution < 1.29 is 8.83 Å². The third-order valence-corrected chi connectivity index (χ3v) is 6.48. The SMILES string of the molecule is CCc1sc(-c2nnc(CSc3nnc(-c4cccc(Br)c4)o3)o2)cc1C. The summed E-state index contributed by atoms with van der Waals surface area (Å²) in [5.41, 5.74) is 2.13. The summed E-state index contributed by atoms with van der Waals surface area (Å²) in [4.78, 5) is 2.34. The zero-order valence-corrected chi connectivity index (χ0v) is 17.8. The molecule has 0 spiro atoms. The van der Waals surface area contributed by atoms with Gasteiger partial charge in [-0.25, -0.2) is 0 Å². The van der Waals surface area contributed by atoms with Crippen molar-refractivity contribution in [2.24, 2.45) is 0 Å². The molecule has 0 atom stereocenters. The number of hydrogen-bond acceptors (Lipinski definition) is 8. The minimum atomic E-state index is 0.463. The van der Waals surface area contributed by atoms with E-state index in [9.17, 15) is 0 Å². The van der Waals surface area contributed by atoms with Gasteiger partial charge in [-0.05, 0) is 43.2 Å². The van der Waals surface area contributed by atoms with Crippen LogP contribution in [0.5, 0.6) is 0 Å². The molecule has 3 aromatic heterocycles. The fourth-order valence-corrected chi connectivity index (χ4v) is 4.55. The molecule has 0 saturated heterocycles. The van der Waals surface area contributed by atoms with Crippen LogP contribution in [-0.4, -0.2) is 20.4 Å². The third kappa shape index (κ3) is 4.15. The molecule has 0 aliphatic carbocycles. The molecule has 3 heterocycles. The topological polar surface area (TPSA) is 77.8 Å². The maximum Gasteiger partial charge on any atom is 0.277 e. The molecule has 138 valence electrons. The first-order valence-corrected chi connectivity index (χ1v) is 10.9. The van der Waals surface area contributed by atoms with Crippen molar-refractivity contribution in [2.75, 3.05) is 0 Å². The average Bonchev–Trinajstić information content (AvgIpc) is 3.39. The summed E-state index contributed by atoms with van der Waals surface area (Å²) in [5, 5.41) is 16.9. The van der Waals surface area contributed by atoms with Crippen molar-refractivity contribution in [1.29, 1.82) is 0 Å². The lowest BCUT2D eigenvalue weighted by Crippen LogP contribution is -1.80. The van der Waals surface area contributed by atoms with E-state index in [1.54, 1.807) is 11.3 Å². The minimum absolute atomic E-state index is 0.463. The van der Waals surface area contributed by atoms with Crippen molar-refractivity contribution in [3.63, 3.8) is 0 Å². The molecule has 0 fully saturated rings. The first-order chi connectivity index (χ1) is 13.1. The lowest BCUT2D eigenvalue weighted by atomic mass is 10.2. The Hall–Kier alpha value is -1.97. The van der Waals surface area contributed by atoms with Crippen LogP contribution in [0.1, 0.15) is 23.3 Å². The second kappa shape index (κ2) is 7.95. The van der Waals surface area contributed by atoms with Crippen LogP contribution in [0.3, 0.4) is 0 Å². The van der Waals surface area contributed by atoms with Gasteiger partial charge in [0.25, 0.3) is 11.1 Å². The molecule has 4 aromatic rings. The predicted molar refractivity (Wildman–Crippen MR) is 109 cm³/mol. The number of rotatable bonds is 6. The van der Waals surface area contributed by atoms with Gasteiger partial charge in [-0.1, -0.05) is 40.7 Å². The molecule has 0 radical (unpaired) electrons. The van der Waals surface area contributed by atoms with Crippen LogP contribution >= 0.6 is 39.0 Å². The first-order valence-electron chi connectivity index (χ1n) is 8.26. The van der Waals surface area contributed by atoms with Gasteiger partial charge in [0.1, 0.15) is 0 Å². The van der Waals surface area contributed by atoms with Gasteiger partial charge in [-0.2, -0.15) is 0 Å². The Morgan fingerprint density at radius 3 is 2.70 bits per heavy atom. The quantitative estimate of drug-likeness (QED) is 0.336. The molecular weight excluding hydrogens is 448 g/mol. The molecule has 0 aliphatic rings. The van der Waals surface area contributed by atoms with Gasteiger partial charge in [-0.15, -0.1) is 31.7 Å². The highest BCUT2D eigenvalue weighted by Gasteiger charge is 2.15. The van der Waals surface area contributed by atoms with Crippen molar-refractivity contribution in [1.82, 2.24) is 20.4 Å². The van der Waals surface area contributed by atoms with Crippen molar-refractivity contribution in [3.05, 3.63) is 51.1 Å². The molecule has 0 bridgehead atoms. The van der Waals surface area contributed by atoms with Gasteiger partial charge < -0.3 is 8.83 Å². The summed E-state index contributed by atoms with van der Waals surface area (Å²) < 4.78 is 12.4. The van der Waals surface area contributed by atoms with E-state index in [0.29, 0.717) is 28.6 Å². The minimum Gasteiger partial charge on any atom is -0.419 e. The maximum absolute atomic E-state index is 5.78. The molecule has 27 heavy (non-hydrogen) atoms. The number of thioether (sulfide) groups is 1. The molecular formula is C18H15BrN4O2S2. The van der Waals surface area contributed by atoms with Crippen LogP contribution in [0, 0.1) is 6.92 Å². The summed E-state index contributed by atoms with van der Waals surface area (Å²) in [6, 6.07) is 9.81. The molecule has 0 amide bonds. The van der Waals surface area contributed by atoms with Crippen LogP contribution in [0.15, 0.2) is 48.9 Å². The number of aromatic nitrogens is 4. The van der Waals surface area contributed by atoms with E-state index >= 15 is 0 Å². The lowest BCUT2D eigenvalue weighted by molar-refractivity contribution is 0.464. The van der Waals surface area contributed by atoms with E-state index in [1.165, 1.54) is 22.2 Å². The number of halogens is 1. The first kappa shape index (κ1) is 18.4. The molecule has 0 saturated carbocycles. The molecule has 6 nitrogen and oxygen atoms in total. The largest absolute Gasteiger partial charge is 0.419 e. The Labute approximate surface area is 172 Å². The van der Waals surface area contributed by atoms with Crippen molar-refractivity contribution in [3.8, 4) is 22.2 Å². The second-order valence-electron chi connectivity index (χ2n) is 5.74.